The minimum absolute atomic E-state index is 0.644. The zero-order valence-electron chi connectivity index (χ0n) is 23.7. The van der Waals surface area contributed by atoms with Gasteiger partial charge in [-0.25, -0.2) is 0 Å². The molecular weight excluding hydrogens is 624 g/mol. The maximum absolute atomic E-state index is 10.4. The Labute approximate surface area is 255 Å². The molecule has 0 amide bonds. The van der Waals surface area contributed by atoms with Crippen molar-refractivity contribution in [1.29, 1.82) is 0 Å². The van der Waals surface area contributed by atoms with Crippen LogP contribution in [0.4, 0.5) is 0 Å². The monoisotopic (exact) mass is 668 g/mol. The summed E-state index contributed by atoms with van der Waals surface area (Å²) in [5.74, 6) is 0. The van der Waals surface area contributed by atoms with Crippen molar-refractivity contribution < 1.29 is 105 Å². The summed E-state index contributed by atoms with van der Waals surface area (Å²) in [6, 6.07) is 0. The molecule has 3 aliphatic heterocycles. The molecule has 0 bridgehead atoms. The maximum atomic E-state index is 10.4. The molecule has 19 atom stereocenters. The van der Waals surface area contributed by atoms with Gasteiger partial charge in [0.25, 0.3) is 0 Å². The minimum Gasteiger partial charge on any atom is -0.394 e. The number of ether oxygens (including phenoxy) is 6. The number of rotatable bonds is 14. The molecule has 45 heavy (non-hydrogen) atoms. The van der Waals surface area contributed by atoms with E-state index < -0.39 is 150 Å². The van der Waals surface area contributed by atoms with Crippen LogP contribution >= 0.6 is 0 Å². The lowest BCUT2D eigenvalue weighted by Crippen LogP contribution is -2.62. The fourth-order valence-corrected chi connectivity index (χ4v) is 4.82. The van der Waals surface area contributed by atoms with Crippen LogP contribution < -0.4 is 0 Å². The molecule has 3 saturated heterocycles. The van der Waals surface area contributed by atoms with Gasteiger partial charge >= 0.3 is 0 Å². The number of hydrogen-bond acceptors (Lipinski definition) is 21. The normalized spacial score (nSPS) is 45.5. The van der Waals surface area contributed by atoms with Crippen LogP contribution in [0.15, 0.2) is 0 Å². The molecule has 3 heterocycles. The zero-order chi connectivity index (χ0) is 33.7. The van der Waals surface area contributed by atoms with Gasteiger partial charge in [0, 0.05) is 0 Å². The Hall–Kier alpha value is -0.840. The fourth-order valence-electron chi connectivity index (χ4n) is 4.82. The summed E-state index contributed by atoms with van der Waals surface area (Å²) in [5.41, 5.74) is 0. The summed E-state index contributed by atoms with van der Waals surface area (Å²) >= 11 is 0. The van der Waals surface area contributed by atoms with Gasteiger partial charge in [0.1, 0.15) is 97.7 Å². The molecule has 0 radical (unpaired) electrons. The van der Waals surface area contributed by atoms with Gasteiger partial charge in [-0.2, -0.15) is 0 Å². The standard InChI is InChI=1S/C24H44O21/c25-1-6(27)11(29)12(30)7(28)3-40-22-20(38)17(35)14(32)9(44-22)5-42-24-21(39)18(36)15(33)10(45-24)4-41-23-19(37)16(34)13(31)8(2-26)43-23/h6-39H,1-5H2. The molecule has 0 aromatic rings. The van der Waals surface area contributed by atoms with Crippen LogP contribution in [0.25, 0.3) is 0 Å². The van der Waals surface area contributed by atoms with E-state index in [1.807, 2.05) is 0 Å². The summed E-state index contributed by atoms with van der Waals surface area (Å²) in [5, 5.41) is 149. The molecule has 0 spiro atoms. The minimum atomic E-state index is -2.01. The van der Waals surface area contributed by atoms with E-state index in [9.17, 15) is 71.5 Å². The predicted octanol–water partition coefficient (Wildman–Crippen LogP) is -10.1. The number of aliphatic hydroxyl groups is 15. The van der Waals surface area contributed by atoms with Gasteiger partial charge in [-0.1, -0.05) is 0 Å². The Morgan fingerprint density at radius 3 is 1.20 bits per heavy atom. The highest BCUT2D eigenvalue weighted by Gasteiger charge is 2.49. The molecule has 19 unspecified atom stereocenters. The van der Waals surface area contributed by atoms with Crippen molar-refractivity contribution in [3.05, 3.63) is 0 Å². The van der Waals surface area contributed by atoms with Gasteiger partial charge in [-0.15, -0.1) is 0 Å². The Morgan fingerprint density at radius 2 is 0.800 bits per heavy atom. The molecule has 3 fully saturated rings. The molecule has 3 aliphatic rings. The summed E-state index contributed by atoms with van der Waals surface area (Å²) in [6.07, 6.45) is -33.4. The Bertz CT molecular complexity index is 871. The van der Waals surface area contributed by atoms with Gasteiger partial charge in [0.15, 0.2) is 18.9 Å². The van der Waals surface area contributed by atoms with Crippen LogP contribution in [0.1, 0.15) is 0 Å². The van der Waals surface area contributed by atoms with Gasteiger partial charge in [-0.05, 0) is 0 Å². The molecule has 15 N–H and O–H groups in total. The van der Waals surface area contributed by atoms with Crippen molar-refractivity contribution in [2.75, 3.05) is 33.0 Å². The van der Waals surface area contributed by atoms with Gasteiger partial charge in [-0.3, -0.25) is 0 Å². The summed E-state index contributed by atoms with van der Waals surface area (Å²) in [7, 11) is 0. The number of aliphatic hydroxyl groups excluding tert-OH is 15. The third kappa shape index (κ3) is 9.00. The molecule has 0 saturated carbocycles. The average molecular weight is 669 g/mol. The highest BCUT2D eigenvalue weighted by molar-refractivity contribution is 4.93. The van der Waals surface area contributed by atoms with E-state index in [1.54, 1.807) is 0 Å². The second-order valence-corrected chi connectivity index (χ2v) is 11.0. The third-order valence-corrected chi connectivity index (χ3v) is 7.79. The van der Waals surface area contributed by atoms with Gasteiger partial charge in [0.2, 0.25) is 0 Å². The Morgan fingerprint density at radius 1 is 0.444 bits per heavy atom. The van der Waals surface area contributed by atoms with Crippen molar-refractivity contribution in [3.63, 3.8) is 0 Å². The molecule has 0 aromatic heterocycles. The first-order valence-electron chi connectivity index (χ1n) is 14.0. The predicted molar refractivity (Wildman–Crippen MR) is 136 cm³/mol. The summed E-state index contributed by atoms with van der Waals surface area (Å²) < 4.78 is 31.9. The topological polar surface area (TPSA) is 359 Å². The van der Waals surface area contributed by atoms with Crippen LogP contribution in [-0.4, -0.2) is 226 Å². The Kier molecular flexibility index (Phi) is 14.6. The van der Waals surface area contributed by atoms with Crippen molar-refractivity contribution in [2.45, 2.75) is 117 Å². The van der Waals surface area contributed by atoms with E-state index in [1.165, 1.54) is 0 Å². The lowest BCUT2D eigenvalue weighted by atomic mass is 9.98. The summed E-state index contributed by atoms with van der Waals surface area (Å²) in [6.45, 7) is -3.85. The van der Waals surface area contributed by atoms with Crippen LogP contribution in [0.2, 0.25) is 0 Å². The number of hydrogen-bond donors (Lipinski definition) is 15. The van der Waals surface area contributed by atoms with Gasteiger partial charge < -0.3 is 105 Å². The first-order valence-corrected chi connectivity index (χ1v) is 14.0. The van der Waals surface area contributed by atoms with Crippen molar-refractivity contribution in [1.82, 2.24) is 0 Å². The van der Waals surface area contributed by atoms with Crippen LogP contribution in [-0.2, 0) is 28.4 Å². The molecule has 21 heteroatoms. The van der Waals surface area contributed by atoms with Crippen LogP contribution in [0, 0.1) is 0 Å². The van der Waals surface area contributed by atoms with Crippen LogP contribution in [0.5, 0.6) is 0 Å². The second-order valence-electron chi connectivity index (χ2n) is 11.0. The molecule has 266 valence electrons. The summed E-state index contributed by atoms with van der Waals surface area (Å²) in [4.78, 5) is 0. The van der Waals surface area contributed by atoms with E-state index in [0.29, 0.717) is 0 Å². The van der Waals surface area contributed by atoms with Gasteiger partial charge in [0.05, 0.1) is 33.0 Å². The lowest BCUT2D eigenvalue weighted by molar-refractivity contribution is -0.343. The van der Waals surface area contributed by atoms with E-state index in [2.05, 4.69) is 0 Å². The smallest absolute Gasteiger partial charge is 0.186 e. The first-order chi connectivity index (χ1) is 21.1. The Balaban J connectivity index is 1.58. The molecule has 3 rings (SSSR count). The molecule has 21 nitrogen and oxygen atoms in total. The first kappa shape index (κ1) is 38.6. The van der Waals surface area contributed by atoms with Crippen molar-refractivity contribution in [3.8, 4) is 0 Å². The quantitative estimate of drug-likeness (QED) is 0.0816. The van der Waals surface area contributed by atoms with E-state index in [4.69, 9.17) is 33.5 Å². The zero-order valence-corrected chi connectivity index (χ0v) is 23.7. The van der Waals surface area contributed by atoms with Crippen molar-refractivity contribution in [2.24, 2.45) is 0 Å². The molecule has 0 aliphatic carbocycles. The highest BCUT2D eigenvalue weighted by atomic mass is 16.7. The van der Waals surface area contributed by atoms with Crippen LogP contribution in [0.3, 0.4) is 0 Å². The van der Waals surface area contributed by atoms with Crippen molar-refractivity contribution >= 4 is 0 Å². The third-order valence-electron chi connectivity index (χ3n) is 7.79. The molecule has 0 aromatic carbocycles. The molecular formula is C24H44O21. The second kappa shape index (κ2) is 17.0. The SMILES string of the molecule is OCC(O)C(O)C(O)C(O)COC1OC(COC2OC(COC3OC(CO)C(O)C(O)C3O)C(O)C(O)C2O)C(O)C(O)C1O. The van der Waals surface area contributed by atoms with E-state index >= 15 is 0 Å². The fraction of sp³-hybridized carbons (Fsp3) is 1.00. The van der Waals surface area contributed by atoms with E-state index in [0.717, 1.165) is 0 Å². The lowest BCUT2D eigenvalue weighted by Gasteiger charge is -2.44. The largest absolute Gasteiger partial charge is 0.394 e. The average Bonchev–Trinajstić information content (AvgIpc) is 3.03. The maximum Gasteiger partial charge on any atom is 0.186 e. The van der Waals surface area contributed by atoms with E-state index in [-0.39, 0.29) is 0 Å². The highest BCUT2D eigenvalue weighted by Crippen LogP contribution is 2.28.